The van der Waals surface area contributed by atoms with Gasteiger partial charge < -0.3 is 4.57 Å². The van der Waals surface area contributed by atoms with Crippen molar-refractivity contribution in [2.75, 3.05) is 5.32 Å². The molecule has 2 rings (SSSR count). The van der Waals surface area contributed by atoms with Crippen LogP contribution in [0.2, 0.25) is 0 Å². The summed E-state index contributed by atoms with van der Waals surface area (Å²) in [5, 5.41) is 2.90. The lowest BCUT2D eigenvalue weighted by molar-refractivity contribution is -0.116. The molecule has 2 aromatic rings. The molecular formula is C14H19N3O. The van der Waals surface area contributed by atoms with E-state index in [-0.39, 0.29) is 5.91 Å². The van der Waals surface area contributed by atoms with Crippen LogP contribution in [0.3, 0.4) is 0 Å². The fourth-order valence-electron chi connectivity index (χ4n) is 2.04. The number of carbonyl (C=O) groups is 1. The number of carbonyl (C=O) groups excluding carboxylic acids is 1. The molecule has 1 aromatic carbocycles. The number of nitrogens with zero attached hydrogens (tertiary/aromatic N) is 2. The summed E-state index contributed by atoms with van der Waals surface area (Å²) in [7, 11) is 0. The van der Waals surface area contributed by atoms with Crippen molar-refractivity contribution in [1.82, 2.24) is 9.55 Å². The van der Waals surface area contributed by atoms with Crippen molar-refractivity contribution in [3.05, 3.63) is 24.3 Å². The summed E-state index contributed by atoms with van der Waals surface area (Å²) in [5.41, 5.74) is 1.97. The van der Waals surface area contributed by atoms with Gasteiger partial charge in [0.05, 0.1) is 11.0 Å². The second kappa shape index (κ2) is 5.21. The maximum absolute atomic E-state index is 11.8. The monoisotopic (exact) mass is 245 g/mol. The summed E-state index contributed by atoms with van der Waals surface area (Å²) in [4.78, 5) is 16.3. The molecule has 0 bridgehead atoms. The van der Waals surface area contributed by atoms with Gasteiger partial charge in [-0.3, -0.25) is 10.1 Å². The van der Waals surface area contributed by atoms with E-state index in [0.717, 1.165) is 17.6 Å². The Morgan fingerprint density at radius 2 is 2.11 bits per heavy atom. The molecule has 96 valence electrons. The minimum Gasteiger partial charge on any atom is -0.310 e. The van der Waals surface area contributed by atoms with E-state index in [1.54, 1.807) is 0 Å². The quantitative estimate of drug-likeness (QED) is 0.900. The number of imidazole rings is 1. The van der Waals surface area contributed by atoms with Gasteiger partial charge in [0, 0.05) is 13.0 Å². The van der Waals surface area contributed by atoms with E-state index in [9.17, 15) is 4.79 Å². The molecule has 1 N–H and O–H groups in total. The molecule has 0 aliphatic carbocycles. The van der Waals surface area contributed by atoms with Gasteiger partial charge in [0.15, 0.2) is 0 Å². The van der Waals surface area contributed by atoms with Crippen molar-refractivity contribution >= 4 is 22.9 Å². The Morgan fingerprint density at radius 3 is 2.78 bits per heavy atom. The number of aryl methyl sites for hydroxylation is 1. The molecular weight excluding hydrogens is 226 g/mol. The van der Waals surface area contributed by atoms with E-state index in [0.29, 0.717) is 18.3 Å². The second-order valence-electron chi connectivity index (χ2n) is 4.81. The van der Waals surface area contributed by atoms with Crippen LogP contribution >= 0.6 is 0 Å². The number of anilines is 1. The van der Waals surface area contributed by atoms with Crippen molar-refractivity contribution < 1.29 is 4.79 Å². The van der Waals surface area contributed by atoms with Crippen molar-refractivity contribution in [3.63, 3.8) is 0 Å². The first-order chi connectivity index (χ1) is 8.61. The molecule has 4 nitrogen and oxygen atoms in total. The number of hydrogen-bond donors (Lipinski definition) is 1. The highest BCUT2D eigenvalue weighted by Crippen LogP contribution is 2.19. The summed E-state index contributed by atoms with van der Waals surface area (Å²) in [6.45, 7) is 6.90. The Hall–Kier alpha value is -1.84. The maximum Gasteiger partial charge on any atom is 0.226 e. The summed E-state index contributed by atoms with van der Waals surface area (Å²) in [5.74, 6) is 1.02. The van der Waals surface area contributed by atoms with Crippen molar-refractivity contribution in [2.45, 2.75) is 33.7 Å². The van der Waals surface area contributed by atoms with Gasteiger partial charge in [-0.25, -0.2) is 4.98 Å². The predicted octanol–water partition coefficient (Wildman–Crippen LogP) is 3.04. The summed E-state index contributed by atoms with van der Waals surface area (Å²) in [6.07, 6.45) is 0.521. The molecule has 0 spiro atoms. The molecule has 4 heteroatoms. The van der Waals surface area contributed by atoms with Crippen LogP contribution in [-0.2, 0) is 11.3 Å². The molecule has 0 unspecified atom stereocenters. The van der Waals surface area contributed by atoms with Gasteiger partial charge in [0.1, 0.15) is 0 Å². The molecule has 0 radical (unpaired) electrons. The Labute approximate surface area is 107 Å². The number of hydrogen-bond acceptors (Lipinski definition) is 2. The van der Waals surface area contributed by atoms with Crippen molar-refractivity contribution in [2.24, 2.45) is 5.92 Å². The highest BCUT2D eigenvalue weighted by Gasteiger charge is 2.12. The lowest BCUT2D eigenvalue weighted by Crippen LogP contribution is -2.17. The Balaban J connectivity index is 2.30. The molecule has 18 heavy (non-hydrogen) atoms. The Kier molecular flexibility index (Phi) is 3.65. The summed E-state index contributed by atoms with van der Waals surface area (Å²) >= 11 is 0. The van der Waals surface area contributed by atoms with Crippen LogP contribution in [-0.4, -0.2) is 15.5 Å². The van der Waals surface area contributed by atoms with Crippen LogP contribution in [0.15, 0.2) is 24.3 Å². The van der Waals surface area contributed by atoms with E-state index < -0.39 is 0 Å². The molecule has 1 amide bonds. The normalized spacial score (nSPS) is 11.1. The van der Waals surface area contributed by atoms with Crippen LogP contribution < -0.4 is 5.32 Å². The zero-order valence-corrected chi connectivity index (χ0v) is 11.1. The lowest BCUT2D eigenvalue weighted by atomic mass is 10.1. The number of fused-ring (bicyclic) bond motifs is 1. The third-order valence-corrected chi connectivity index (χ3v) is 2.82. The molecule has 0 atom stereocenters. The first-order valence-electron chi connectivity index (χ1n) is 6.37. The Morgan fingerprint density at radius 1 is 1.39 bits per heavy atom. The first kappa shape index (κ1) is 12.6. The summed E-state index contributed by atoms with van der Waals surface area (Å²) in [6, 6.07) is 7.91. The average Bonchev–Trinajstić information content (AvgIpc) is 2.64. The van der Waals surface area contributed by atoms with E-state index >= 15 is 0 Å². The average molecular weight is 245 g/mol. The maximum atomic E-state index is 11.8. The van der Waals surface area contributed by atoms with Crippen LogP contribution in [0, 0.1) is 5.92 Å². The lowest BCUT2D eigenvalue weighted by Gasteiger charge is -2.08. The standard InChI is InChI=1S/C14H19N3O/c1-4-17-12-8-6-5-7-11(12)15-14(17)16-13(18)9-10(2)3/h5-8,10H,4,9H2,1-3H3,(H,15,16,18). The fraction of sp³-hybridized carbons (Fsp3) is 0.429. The number of benzene rings is 1. The van der Waals surface area contributed by atoms with Crippen molar-refractivity contribution in [3.8, 4) is 0 Å². The number of aromatic nitrogens is 2. The number of rotatable bonds is 4. The smallest absolute Gasteiger partial charge is 0.226 e. The largest absolute Gasteiger partial charge is 0.310 e. The van der Waals surface area contributed by atoms with Gasteiger partial charge in [0.25, 0.3) is 0 Å². The highest BCUT2D eigenvalue weighted by molar-refractivity contribution is 5.91. The minimum atomic E-state index is 0.0232. The summed E-state index contributed by atoms with van der Waals surface area (Å²) < 4.78 is 2.02. The third kappa shape index (κ3) is 2.53. The zero-order valence-electron chi connectivity index (χ0n) is 11.1. The third-order valence-electron chi connectivity index (χ3n) is 2.82. The van der Waals surface area contributed by atoms with Gasteiger partial charge in [0.2, 0.25) is 11.9 Å². The highest BCUT2D eigenvalue weighted by atomic mass is 16.1. The molecule has 0 saturated carbocycles. The number of para-hydroxylation sites is 2. The molecule has 1 heterocycles. The van der Waals surface area contributed by atoms with Crippen LogP contribution in [0.4, 0.5) is 5.95 Å². The molecule has 0 saturated heterocycles. The van der Waals surface area contributed by atoms with E-state index in [2.05, 4.69) is 10.3 Å². The number of nitrogens with one attached hydrogen (secondary N) is 1. The number of amides is 1. The SMILES string of the molecule is CCn1c(NC(=O)CC(C)C)nc2ccccc21. The molecule has 0 aliphatic heterocycles. The van der Waals surface area contributed by atoms with E-state index in [1.807, 2.05) is 49.6 Å². The Bertz CT molecular complexity index is 557. The van der Waals surface area contributed by atoms with Crippen LogP contribution in [0.5, 0.6) is 0 Å². The van der Waals surface area contributed by atoms with E-state index in [1.165, 1.54) is 0 Å². The van der Waals surface area contributed by atoms with Crippen LogP contribution in [0.25, 0.3) is 11.0 Å². The fourth-order valence-corrected chi connectivity index (χ4v) is 2.04. The molecule has 1 aromatic heterocycles. The van der Waals surface area contributed by atoms with Gasteiger partial charge in [-0.2, -0.15) is 0 Å². The first-order valence-corrected chi connectivity index (χ1v) is 6.37. The molecule has 0 fully saturated rings. The van der Waals surface area contributed by atoms with Gasteiger partial charge >= 0.3 is 0 Å². The van der Waals surface area contributed by atoms with E-state index in [4.69, 9.17) is 0 Å². The predicted molar refractivity (Wildman–Crippen MR) is 73.5 cm³/mol. The van der Waals surface area contributed by atoms with Gasteiger partial charge in [-0.05, 0) is 25.0 Å². The topological polar surface area (TPSA) is 46.9 Å². The van der Waals surface area contributed by atoms with Crippen molar-refractivity contribution in [1.29, 1.82) is 0 Å². The zero-order chi connectivity index (χ0) is 13.1. The molecule has 0 aliphatic rings. The van der Waals surface area contributed by atoms with Gasteiger partial charge in [-0.1, -0.05) is 26.0 Å². The van der Waals surface area contributed by atoms with Crippen LogP contribution in [0.1, 0.15) is 27.2 Å². The second-order valence-corrected chi connectivity index (χ2v) is 4.81. The van der Waals surface area contributed by atoms with Gasteiger partial charge in [-0.15, -0.1) is 0 Å². The minimum absolute atomic E-state index is 0.0232.